The van der Waals surface area contributed by atoms with E-state index in [4.69, 9.17) is 9.73 Å². The van der Waals surface area contributed by atoms with Crippen LogP contribution in [0.15, 0.2) is 17.4 Å². The number of hydrogen-bond acceptors (Lipinski definition) is 4. The number of nitrogens with zero attached hydrogens (tertiary/aromatic N) is 4. The van der Waals surface area contributed by atoms with Crippen molar-refractivity contribution in [2.24, 2.45) is 17.5 Å². The van der Waals surface area contributed by atoms with Gasteiger partial charge in [-0.05, 0) is 47.2 Å². The third-order valence-electron chi connectivity index (χ3n) is 6.75. The number of hydrogen-bond donors (Lipinski definition) is 2. The largest absolute Gasteiger partial charge is 0.378 e. The van der Waals surface area contributed by atoms with E-state index < -0.39 is 0 Å². The lowest BCUT2D eigenvalue weighted by molar-refractivity contribution is -0.145. The Hall–Kier alpha value is -0.870. The zero-order valence-electron chi connectivity index (χ0n) is 19.4. The Kier molecular flexibility index (Phi) is 9.87. The number of likely N-dealkylation sites (N-methyl/N-ethyl adjacent to an activating group) is 1. The van der Waals surface area contributed by atoms with Gasteiger partial charge in [0.2, 0.25) is 0 Å². The molecule has 8 heteroatoms. The lowest BCUT2D eigenvalue weighted by atomic mass is 9.55. The molecule has 172 valence electrons. The quantitative estimate of drug-likeness (QED) is 0.306. The minimum absolute atomic E-state index is 0. The van der Waals surface area contributed by atoms with Crippen LogP contribution in [0.25, 0.3) is 0 Å². The monoisotopic (exact) mass is 532 g/mol. The summed E-state index contributed by atoms with van der Waals surface area (Å²) in [5, 5.41) is 11.6. The smallest absolute Gasteiger partial charge is 0.191 e. The van der Waals surface area contributed by atoms with E-state index in [-0.39, 0.29) is 35.4 Å². The van der Waals surface area contributed by atoms with Gasteiger partial charge < -0.3 is 20.3 Å². The van der Waals surface area contributed by atoms with E-state index in [0.29, 0.717) is 18.7 Å². The van der Waals surface area contributed by atoms with E-state index in [0.717, 1.165) is 25.5 Å². The number of aromatic nitrogens is 2. The summed E-state index contributed by atoms with van der Waals surface area (Å²) in [6, 6.07) is 0.661. The van der Waals surface area contributed by atoms with Gasteiger partial charge in [0.1, 0.15) is 0 Å². The Balaban J connectivity index is 0.00000320. The summed E-state index contributed by atoms with van der Waals surface area (Å²) in [6.07, 6.45) is 12.0. The summed E-state index contributed by atoms with van der Waals surface area (Å²) in [5.41, 5.74) is 1.48. The minimum Gasteiger partial charge on any atom is -0.378 e. The molecule has 0 saturated heterocycles. The number of rotatable bonds is 8. The summed E-state index contributed by atoms with van der Waals surface area (Å²) in [5.74, 6) is 0.924. The van der Waals surface area contributed by atoms with Gasteiger partial charge in [0, 0.05) is 43.4 Å². The van der Waals surface area contributed by atoms with Gasteiger partial charge in [-0.25, -0.2) is 0 Å². The molecule has 7 nitrogen and oxygen atoms in total. The molecule has 2 aliphatic rings. The molecular formula is C22H41IN6O. The SMILES string of the molecule is CCNC(=NCC(c1cnn(C)c1)N(C)C)NC1CC(OCC)C12CCCCC2.I. The second-order valence-electron chi connectivity index (χ2n) is 8.82. The van der Waals surface area contributed by atoms with Gasteiger partial charge in [0.25, 0.3) is 0 Å². The van der Waals surface area contributed by atoms with Crippen molar-refractivity contribution in [2.45, 2.75) is 70.6 Å². The highest BCUT2D eigenvalue weighted by atomic mass is 127. The molecule has 0 bridgehead atoms. The van der Waals surface area contributed by atoms with Crippen molar-refractivity contribution < 1.29 is 4.74 Å². The van der Waals surface area contributed by atoms with Crippen LogP contribution in [0.4, 0.5) is 0 Å². The van der Waals surface area contributed by atoms with Crippen LogP contribution in [0.1, 0.15) is 64.0 Å². The normalized spacial score (nSPS) is 24.3. The summed E-state index contributed by atoms with van der Waals surface area (Å²) in [6.45, 7) is 6.61. The Morgan fingerprint density at radius 3 is 2.63 bits per heavy atom. The third-order valence-corrected chi connectivity index (χ3v) is 6.75. The minimum atomic E-state index is 0. The predicted molar refractivity (Wildman–Crippen MR) is 134 cm³/mol. The molecule has 3 rings (SSSR count). The molecule has 1 aromatic heterocycles. The summed E-state index contributed by atoms with van der Waals surface area (Å²) in [7, 11) is 6.16. The summed E-state index contributed by atoms with van der Waals surface area (Å²) < 4.78 is 7.97. The average Bonchev–Trinajstić information content (AvgIpc) is 3.13. The molecule has 2 fully saturated rings. The highest BCUT2D eigenvalue weighted by Gasteiger charge is 2.55. The lowest BCUT2D eigenvalue weighted by Crippen LogP contribution is -2.66. The van der Waals surface area contributed by atoms with E-state index in [1.165, 1.54) is 37.7 Å². The Bertz CT molecular complexity index is 670. The molecule has 0 radical (unpaired) electrons. The average molecular weight is 533 g/mol. The Labute approximate surface area is 199 Å². The van der Waals surface area contributed by atoms with Crippen LogP contribution < -0.4 is 10.6 Å². The maximum Gasteiger partial charge on any atom is 0.191 e. The summed E-state index contributed by atoms with van der Waals surface area (Å²) in [4.78, 5) is 7.18. The zero-order chi connectivity index (χ0) is 20.9. The van der Waals surface area contributed by atoms with Crippen LogP contribution in [-0.4, -0.2) is 66.6 Å². The van der Waals surface area contributed by atoms with E-state index in [1.807, 2.05) is 17.9 Å². The molecule has 0 aromatic carbocycles. The summed E-state index contributed by atoms with van der Waals surface area (Å²) >= 11 is 0. The third kappa shape index (κ3) is 5.68. The molecule has 3 unspecified atom stereocenters. The molecule has 1 aromatic rings. The number of guanidine groups is 1. The van der Waals surface area contributed by atoms with Crippen molar-refractivity contribution in [1.29, 1.82) is 0 Å². The Morgan fingerprint density at radius 1 is 1.33 bits per heavy atom. The number of aliphatic imine (C=N–C) groups is 1. The second kappa shape index (κ2) is 11.7. The van der Waals surface area contributed by atoms with Crippen molar-refractivity contribution >= 4 is 29.9 Å². The molecule has 1 spiro atoms. The fourth-order valence-corrected chi connectivity index (χ4v) is 5.11. The standard InChI is InChI=1S/C22H40N6O.HI/c1-6-23-21(24-15-18(27(3)4)17-14-25-28(5)16-17)26-19-13-20(29-7-2)22(19)11-9-8-10-12-22;/h14,16,18-20H,6-13,15H2,1-5H3,(H2,23,24,26);1H. The van der Waals surface area contributed by atoms with E-state index in [2.05, 4.69) is 54.8 Å². The van der Waals surface area contributed by atoms with Crippen LogP contribution in [0.3, 0.4) is 0 Å². The van der Waals surface area contributed by atoms with Gasteiger partial charge in [-0.3, -0.25) is 9.67 Å². The molecular weight excluding hydrogens is 491 g/mol. The highest BCUT2D eigenvalue weighted by Crippen LogP contribution is 2.53. The van der Waals surface area contributed by atoms with Crippen molar-refractivity contribution in [3.8, 4) is 0 Å². The van der Waals surface area contributed by atoms with Crippen molar-refractivity contribution in [1.82, 2.24) is 25.3 Å². The van der Waals surface area contributed by atoms with E-state index in [1.54, 1.807) is 0 Å². The van der Waals surface area contributed by atoms with Gasteiger partial charge in [-0.15, -0.1) is 24.0 Å². The molecule has 30 heavy (non-hydrogen) atoms. The topological polar surface area (TPSA) is 66.7 Å². The first-order valence-electron chi connectivity index (χ1n) is 11.3. The fourth-order valence-electron chi connectivity index (χ4n) is 5.11. The van der Waals surface area contributed by atoms with Gasteiger partial charge in [-0.1, -0.05) is 19.3 Å². The first-order chi connectivity index (χ1) is 14.0. The van der Waals surface area contributed by atoms with Gasteiger partial charge in [0.05, 0.1) is 24.9 Å². The first-order valence-corrected chi connectivity index (χ1v) is 11.3. The molecule has 2 N–H and O–H groups in total. The van der Waals surface area contributed by atoms with Crippen LogP contribution >= 0.6 is 24.0 Å². The highest BCUT2D eigenvalue weighted by molar-refractivity contribution is 14.0. The van der Waals surface area contributed by atoms with E-state index in [9.17, 15) is 0 Å². The predicted octanol–water partition coefficient (Wildman–Crippen LogP) is 3.32. The lowest BCUT2D eigenvalue weighted by Gasteiger charge is -2.58. The maximum absolute atomic E-state index is 6.12. The molecule has 0 amide bonds. The first kappa shape index (κ1) is 25.4. The number of ether oxygens (including phenoxy) is 1. The molecule has 2 aliphatic carbocycles. The zero-order valence-corrected chi connectivity index (χ0v) is 21.7. The van der Waals surface area contributed by atoms with Gasteiger partial charge >= 0.3 is 0 Å². The van der Waals surface area contributed by atoms with E-state index >= 15 is 0 Å². The van der Waals surface area contributed by atoms with Crippen LogP contribution in [0.5, 0.6) is 0 Å². The van der Waals surface area contributed by atoms with Crippen LogP contribution in [-0.2, 0) is 11.8 Å². The molecule has 0 aliphatic heterocycles. The molecule has 3 atom stereocenters. The number of halogens is 1. The number of nitrogens with one attached hydrogen (secondary N) is 2. The fraction of sp³-hybridized carbons (Fsp3) is 0.818. The van der Waals surface area contributed by atoms with Crippen LogP contribution in [0.2, 0.25) is 0 Å². The van der Waals surface area contributed by atoms with Crippen molar-refractivity contribution in [3.05, 3.63) is 18.0 Å². The number of aryl methyl sites for hydroxylation is 1. The maximum atomic E-state index is 6.12. The van der Waals surface area contributed by atoms with Crippen molar-refractivity contribution in [2.75, 3.05) is 33.8 Å². The Morgan fingerprint density at radius 2 is 2.07 bits per heavy atom. The second-order valence-corrected chi connectivity index (χ2v) is 8.82. The van der Waals surface area contributed by atoms with Crippen LogP contribution in [0, 0.1) is 5.41 Å². The van der Waals surface area contributed by atoms with Gasteiger partial charge in [0.15, 0.2) is 5.96 Å². The molecule has 2 saturated carbocycles. The van der Waals surface area contributed by atoms with Gasteiger partial charge in [-0.2, -0.15) is 5.10 Å². The molecule has 1 heterocycles. The van der Waals surface area contributed by atoms with Crippen molar-refractivity contribution in [3.63, 3.8) is 0 Å².